The summed E-state index contributed by atoms with van der Waals surface area (Å²) in [5, 5.41) is 15.7. The van der Waals surface area contributed by atoms with E-state index in [1.165, 1.54) is 24.8 Å². The first-order chi connectivity index (χ1) is 12.7. The maximum atomic E-state index is 11.1. The van der Waals surface area contributed by atoms with Gasteiger partial charge in [-0.15, -0.1) is 0 Å². The van der Waals surface area contributed by atoms with Crippen LogP contribution < -0.4 is 5.32 Å². The van der Waals surface area contributed by atoms with Crippen LogP contribution in [-0.4, -0.2) is 22.7 Å². The molecule has 2 aromatic rings. The number of pyridine rings is 1. The molecule has 1 fully saturated rings. The Bertz CT molecular complexity index is 833. The lowest BCUT2D eigenvalue weighted by molar-refractivity contribution is 0.115. The molecule has 26 heavy (non-hydrogen) atoms. The number of aromatic nitrogens is 1. The lowest BCUT2D eigenvalue weighted by Gasteiger charge is -2.29. The molecule has 0 spiro atoms. The van der Waals surface area contributed by atoms with E-state index in [1.807, 2.05) is 18.2 Å². The number of rotatable bonds is 3. The molecule has 2 aliphatic rings. The Morgan fingerprint density at radius 1 is 1.19 bits per heavy atom. The molecule has 1 aliphatic heterocycles. The monoisotopic (exact) mass is 348 g/mol. The molecule has 3 atom stereocenters. The molecule has 3 heteroatoms. The van der Waals surface area contributed by atoms with Crippen LogP contribution in [0.4, 0.5) is 0 Å². The highest BCUT2D eigenvalue weighted by atomic mass is 16.3. The number of hydrogen-bond acceptors (Lipinski definition) is 3. The summed E-state index contributed by atoms with van der Waals surface area (Å²) in [5.74, 6) is 0.598. The van der Waals surface area contributed by atoms with Gasteiger partial charge in [0.05, 0.1) is 17.3 Å². The predicted molar refractivity (Wildman–Crippen MR) is 108 cm³/mol. The molecule has 0 radical (unpaired) electrons. The van der Waals surface area contributed by atoms with Gasteiger partial charge in [0.2, 0.25) is 0 Å². The number of nitrogens with zero attached hydrogens (tertiary/aromatic N) is 1. The van der Waals surface area contributed by atoms with Gasteiger partial charge in [-0.25, -0.2) is 4.98 Å². The number of benzene rings is 1. The third-order valence-corrected chi connectivity index (χ3v) is 5.68. The van der Waals surface area contributed by atoms with Crippen LogP contribution in [-0.2, 0) is 0 Å². The van der Waals surface area contributed by atoms with E-state index in [2.05, 4.69) is 42.6 Å². The number of fused-ring (bicyclic) bond motifs is 1. The van der Waals surface area contributed by atoms with Crippen molar-refractivity contribution in [1.82, 2.24) is 10.3 Å². The van der Waals surface area contributed by atoms with Crippen LogP contribution in [0.15, 0.2) is 48.6 Å². The summed E-state index contributed by atoms with van der Waals surface area (Å²) in [5.41, 5.74) is 4.10. The Morgan fingerprint density at radius 2 is 2.08 bits per heavy atom. The Kier molecular flexibility index (Phi) is 5.18. The normalized spacial score (nSPS) is 24.9. The van der Waals surface area contributed by atoms with Crippen molar-refractivity contribution in [1.29, 1.82) is 0 Å². The van der Waals surface area contributed by atoms with Gasteiger partial charge in [0.25, 0.3) is 0 Å². The maximum absolute atomic E-state index is 11.1. The van der Waals surface area contributed by atoms with E-state index in [9.17, 15) is 5.11 Å². The van der Waals surface area contributed by atoms with Gasteiger partial charge >= 0.3 is 0 Å². The van der Waals surface area contributed by atoms with Crippen molar-refractivity contribution in [2.75, 3.05) is 6.54 Å². The van der Waals surface area contributed by atoms with E-state index < -0.39 is 6.10 Å². The minimum atomic E-state index is -0.503. The van der Waals surface area contributed by atoms with Crippen molar-refractivity contribution < 1.29 is 5.11 Å². The molecule has 0 amide bonds. The van der Waals surface area contributed by atoms with Crippen molar-refractivity contribution >= 4 is 16.5 Å². The fourth-order valence-electron chi connectivity index (χ4n) is 4.08. The second-order valence-corrected chi connectivity index (χ2v) is 7.69. The van der Waals surface area contributed by atoms with Gasteiger partial charge in [-0.3, -0.25) is 0 Å². The average Bonchev–Trinajstić information content (AvgIpc) is 2.92. The number of piperidine rings is 1. The van der Waals surface area contributed by atoms with Crippen LogP contribution in [0.1, 0.15) is 56.4 Å². The van der Waals surface area contributed by atoms with Crippen molar-refractivity contribution in [2.24, 2.45) is 5.92 Å². The molecule has 1 unspecified atom stereocenters. The molecule has 1 saturated heterocycles. The van der Waals surface area contributed by atoms with Gasteiger partial charge < -0.3 is 10.4 Å². The molecule has 136 valence electrons. The predicted octanol–water partition coefficient (Wildman–Crippen LogP) is 4.78. The van der Waals surface area contributed by atoms with Crippen molar-refractivity contribution in [2.45, 2.75) is 51.2 Å². The van der Waals surface area contributed by atoms with Gasteiger partial charge in [0, 0.05) is 11.4 Å². The van der Waals surface area contributed by atoms with Crippen LogP contribution in [0, 0.1) is 5.92 Å². The van der Waals surface area contributed by atoms with E-state index in [-0.39, 0.29) is 6.04 Å². The molecular weight excluding hydrogens is 320 g/mol. The standard InChI is InChI=1S/C23H28N2O/c1-16-7-6-8-17(13-12-16)22-15-19(18-9-2-3-10-20(18)25-22)23(26)21-11-4-5-14-24-21/h2-3,8-10,12-13,15-16,21,23-24,26H,4-7,11,14H2,1H3/t16?,21-,23-/m1/s1. The fourth-order valence-corrected chi connectivity index (χ4v) is 4.08. The molecule has 2 N–H and O–H groups in total. The summed E-state index contributed by atoms with van der Waals surface area (Å²) >= 11 is 0. The number of nitrogens with one attached hydrogen (secondary N) is 1. The van der Waals surface area contributed by atoms with Gasteiger partial charge in [0.15, 0.2) is 0 Å². The second kappa shape index (κ2) is 7.73. The molecule has 3 nitrogen and oxygen atoms in total. The molecule has 1 aromatic heterocycles. The topological polar surface area (TPSA) is 45.1 Å². The zero-order chi connectivity index (χ0) is 17.9. The zero-order valence-electron chi connectivity index (χ0n) is 15.5. The maximum Gasteiger partial charge on any atom is 0.0950 e. The lowest BCUT2D eigenvalue weighted by atomic mass is 9.91. The van der Waals surface area contributed by atoms with Crippen LogP contribution in [0.25, 0.3) is 16.5 Å². The Hall–Kier alpha value is -1.97. The average molecular weight is 348 g/mol. The van der Waals surface area contributed by atoms with E-state index in [4.69, 9.17) is 4.98 Å². The van der Waals surface area contributed by atoms with E-state index in [0.29, 0.717) is 5.92 Å². The summed E-state index contributed by atoms with van der Waals surface area (Å²) in [7, 11) is 0. The van der Waals surface area contributed by atoms with Crippen molar-refractivity contribution in [3.8, 4) is 0 Å². The van der Waals surface area contributed by atoms with Gasteiger partial charge in [0.1, 0.15) is 0 Å². The van der Waals surface area contributed by atoms with Gasteiger partial charge in [-0.1, -0.05) is 49.8 Å². The fraction of sp³-hybridized carbons (Fsp3) is 0.435. The Balaban J connectivity index is 1.78. The number of para-hydroxylation sites is 1. The lowest BCUT2D eigenvalue weighted by Crippen LogP contribution is -2.38. The van der Waals surface area contributed by atoms with Crippen molar-refractivity contribution in [3.63, 3.8) is 0 Å². The first-order valence-electron chi connectivity index (χ1n) is 9.92. The summed E-state index contributed by atoms with van der Waals surface area (Å²) in [6.45, 7) is 3.24. The SMILES string of the molecule is CC1C=CC(c2cc([C@@H](O)[C@H]3CCCCN3)c3ccccc3n2)=CCC1. The molecule has 1 aromatic carbocycles. The number of aliphatic hydroxyl groups excluding tert-OH is 1. The highest BCUT2D eigenvalue weighted by molar-refractivity contribution is 5.86. The summed E-state index contributed by atoms with van der Waals surface area (Å²) < 4.78 is 0. The third-order valence-electron chi connectivity index (χ3n) is 5.68. The zero-order valence-corrected chi connectivity index (χ0v) is 15.5. The number of hydrogen-bond donors (Lipinski definition) is 2. The van der Waals surface area contributed by atoms with Crippen molar-refractivity contribution in [3.05, 3.63) is 59.8 Å². The number of aliphatic hydroxyl groups is 1. The molecule has 4 rings (SSSR count). The smallest absolute Gasteiger partial charge is 0.0950 e. The van der Waals surface area contributed by atoms with Crippen LogP contribution in [0.3, 0.4) is 0 Å². The van der Waals surface area contributed by atoms with Gasteiger partial charge in [-0.05, 0) is 61.4 Å². The van der Waals surface area contributed by atoms with Crippen LogP contribution >= 0.6 is 0 Å². The third kappa shape index (κ3) is 3.60. The highest BCUT2D eigenvalue weighted by Gasteiger charge is 2.25. The van der Waals surface area contributed by atoms with E-state index in [0.717, 1.165) is 41.5 Å². The van der Waals surface area contributed by atoms with E-state index in [1.54, 1.807) is 0 Å². The molecule has 0 bridgehead atoms. The number of allylic oxidation sites excluding steroid dienone is 4. The minimum absolute atomic E-state index is 0.126. The minimum Gasteiger partial charge on any atom is -0.387 e. The molecule has 1 aliphatic carbocycles. The summed E-state index contributed by atoms with van der Waals surface area (Å²) in [6, 6.07) is 10.4. The second-order valence-electron chi connectivity index (χ2n) is 7.69. The van der Waals surface area contributed by atoms with Gasteiger partial charge in [-0.2, -0.15) is 0 Å². The summed E-state index contributed by atoms with van der Waals surface area (Å²) in [4.78, 5) is 4.90. The van der Waals surface area contributed by atoms with E-state index >= 15 is 0 Å². The Morgan fingerprint density at radius 3 is 2.92 bits per heavy atom. The molecule has 2 heterocycles. The largest absolute Gasteiger partial charge is 0.387 e. The Labute approximate surface area is 155 Å². The molecule has 0 saturated carbocycles. The quantitative estimate of drug-likeness (QED) is 0.839. The first kappa shape index (κ1) is 17.4. The molecular formula is C23H28N2O. The van der Waals surface area contributed by atoms with Crippen LogP contribution in [0.5, 0.6) is 0 Å². The summed E-state index contributed by atoms with van der Waals surface area (Å²) in [6.07, 6.45) is 11.9. The highest BCUT2D eigenvalue weighted by Crippen LogP contribution is 2.32. The first-order valence-corrected chi connectivity index (χ1v) is 9.92. The van der Waals surface area contributed by atoms with Crippen LogP contribution in [0.2, 0.25) is 0 Å².